The maximum absolute atomic E-state index is 14.0. The molecule has 0 aliphatic heterocycles. The molecule has 6 heteroatoms. The zero-order valence-electron chi connectivity index (χ0n) is 17.6. The molecule has 2 bridgehead atoms. The monoisotopic (exact) mass is 422 g/mol. The molecule has 31 heavy (non-hydrogen) atoms. The molecule has 1 fully saturated rings. The van der Waals surface area contributed by atoms with Gasteiger partial charge in [0.15, 0.2) is 11.6 Å². The maximum atomic E-state index is 14.0. The van der Waals surface area contributed by atoms with Gasteiger partial charge >= 0.3 is 0 Å². The van der Waals surface area contributed by atoms with Crippen molar-refractivity contribution in [1.29, 1.82) is 0 Å². The molecule has 1 heterocycles. The van der Waals surface area contributed by atoms with E-state index in [2.05, 4.69) is 24.0 Å². The van der Waals surface area contributed by atoms with Crippen molar-refractivity contribution < 1.29 is 18.3 Å². The van der Waals surface area contributed by atoms with Gasteiger partial charge in [0, 0.05) is 11.5 Å². The van der Waals surface area contributed by atoms with Gasteiger partial charge < -0.3 is 9.47 Å². The number of hydrogen-bond acceptors (Lipinski definition) is 4. The van der Waals surface area contributed by atoms with Gasteiger partial charge in [0.05, 0.1) is 18.9 Å². The van der Waals surface area contributed by atoms with Crippen LogP contribution in [0.5, 0.6) is 11.6 Å². The Kier molecular flexibility index (Phi) is 4.77. The summed E-state index contributed by atoms with van der Waals surface area (Å²) >= 11 is 0. The lowest BCUT2D eigenvalue weighted by Crippen LogP contribution is -2.40. The van der Waals surface area contributed by atoms with Crippen LogP contribution >= 0.6 is 0 Å². The lowest BCUT2D eigenvalue weighted by Gasteiger charge is -2.37. The van der Waals surface area contributed by atoms with Crippen LogP contribution in [0.1, 0.15) is 49.4 Å². The van der Waals surface area contributed by atoms with E-state index in [1.54, 1.807) is 6.07 Å². The van der Waals surface area contributed by atoms with E-state index in [4.69, 9.17) is 9.47 Å². The topological polar surface area (TPSA) is 44.2 Å². The summed E-state index contributed by atoms with van der Waals surface area (Å²) in [4.78, 5) is 0. The maximum Gasteiger partial charge on any atom is 0.239 e. The molecule has 0 spiro atoms. The van der Waals surface area contributed by atoms with E-state index >= 15 is 0 Å². The number of ether oxygens (including phenoxy) is 2. The van der Waals surface area contributed by atoms with Gasteiger partial charge in [0.1, 0.15) is 0 Å². The molecule has 2 atom stereocenters. The fourth-order valence-corrected chi connectivity index (χ4v) is 5.38. The second kappa shape index (κ2) is 7.38. The molecule has 0 radical (unpaired) electrons. The molecule has 1 saturated carbocycles. The molecule has 2 aromatic carbocycles. The van der Waals surface area contributed by atoms with Crippen LogP contribution in [0.4, 0.5) is 8.78 Å². The van der Waals surface area contributed by atoms with Crippen LogP contribution in [0, 0.1) is 17.0 Å². The average Bonchev–Trinajstić information content (AvgIpc) is 3.12. The third-order valence-corrected chi connectivity index (χ3v) is 7.18. The Morgan fingerprint density at radius 3 is 2.48 bits per heavy atom. The van der Waals surface area contributed by atoms with Crippen LogP contribution in [-0.4, -0.2) is 16.8 Å². The first kappa shape index (κ1) is 20.1. The first-order chi connectivity index (χ1) is 14.9. The van der Waals surface area contributed by atoms with E-state index < -0.39 is 17.4 Å². The number of benzene rings is 2. The second-order valence-corrected chi connectivity index (χ2v) is 9.01. The summed E-state index contributed by atoms with van der Waals surface area (Å²) in [6.45, 7) is 5.58. The highest BCUT2D eigenvalue weighted by Crippen LogP contribution is 2.67. The van der Waals surface area contributed by atoms with Gasteiger partial charge in [0.2, 0.25) is 11.6 Å². The zero-order valence-corrected chi connectivity index (χ0v) is 17.6. The Labute approximate surface area is 180 Å². The average molecular weight is 422 g/mol. The van der Waals surface area contributed by atoms with Gasteiger partial charge in [-0.05, 0) is 47.4 Å². The van der Waals surface area contributed by atoms with Crippen LogP contribution in [0.2, 0.25) is 0 Å². The molecule has 4 nitrogen and oxygen atoms in total. The fraction of sp³-hybridized carbons (Fsp3) is 0.360. The van der Waals surface area contributed by atoms with Crippen molar-refractivity contribution in [3.8, 4) is 11.6 Å². The highest BCUT2D eigenvalue weighted by atomic mass is 19.1. The minimum Gasteiger partial charge on any atom is -0.431 e. The number of hydrogen-bond donors (Lipinski definition) is 0. The zero-order chi connectivity index (χ0) is 21.6. The lowest BCUT2D eigenvalue weighted by atomic mass is 9.69. The lowest BCUT2D eigenvalue weighted by molar-refractivity contribution is 0.0309. The van der Waals surface area contributed by atoms with Crippen LogP contribution in [0.15, 0.2) is 54.6 Å². The Morgan fingerprint density at radius 1 is 1.00 bits per heavy atom. The minimum atomic E-state index is -0.769. The summed E-state index contributed by atoms with van der Waals surface area (Å²) in [5, 5.41) is 8.65. The minimum absolute atomic E-state index is 0.0669. The Bertz CT molecular complexity index is 1100. The Balaban J connectivity index is 1.42. The van der Waals surface area contributed by atoms with Crippen molar-refractivity contribution in [3.05, 3.63) is 83.1 Å². The highest BCUT2D eigenvalue weighted by Gasteiger charge is 2.63. The molecule has 5 rings (SSSR count). The van der Waals surface area contributed by atoms with Crippen LogP contribution in [0.25, 0.3) is 0 Å². The quantitative estimate of drug-likeness (QED) is 0.495. The van der Waals surface area contributed by atoms with E-state index in [0.29, 0.717) is 13.2 Å². The van der Waals surface area contributed by atoms with Gasteiger partial charge in [-0.3, -0.25) is 0 Å². The molecule has 0 N–H and O–H groups in total. The summed E-state index contributed by atoms with van der Waals surface area (Å²) in [6.07, 6.45) is 1.98. The van der Waals surface area contributed by atoms with Crippen molar-refractivity contribution in [2.24, 2.45) is 5.41 Å². The van der Waals surface area contributed by atoms with Crippen molar-refractivity contribution in [1.82, 2.24) is 10.2 Å². The molecule has 2 aliphatic rings. The molecule has 3 aromatic rings. The summed E-state index contributed by atoms with van der Waals surface area (Å²) in [7, 11) is 0. The smallest absolute Gasteiger partial charge is 0.239 e. The van der Waals surface area contributed by atoms with Crippen molar-refractivity contribution >= 4 is 0 Å². The van der Waals surface area contributed by atoms with Crippen molar-refractivity contribution in [2.45, 2.75) is 44.6 Å². The first-order valence-electron chi connectivity index (χ1n) is 10.5. The van der Waals surface area contributed by atoms with E-state index in [-0.39, 0.29) is 22.6 Å². The summed E-state index contributed by atoms with van der Waals surface area (Å²) in [5.74, 6) is -1.62. The summed E-state index contributed by atoms with van der Waals surface area (Å²) in [6, 6.07) is 15.5. The predicted octanol–water partition coefficient (Wildman–Crippen LogP) is 5.92. The van der Waals surface area contributed by atoms with E-state index in [1.807, 2.05) is 30.3 Å². The van der Waals surface area contributed by atoms with Crippen molar-refractivity contribution in [3.63, 3.8) is 0 Å². The van der Waals surface area contributed by atoms with Crippen LogP contribution in [0.3, 0.4) is 0 Å². The van der Waals surface area contributed by atoms with E-state index in [0.717, 1.165) is 41.8 Å². The number of para-hydroxylation sites is 1. The predicted molar refractivity (Wildman–Crippen MR) is 112 cm³/mol. The second-order valence-electron chi connectivity index (χ2n) is 9.01. The third kappa shape index (κ3) is 3.12. The van der Waals surface area contributed by atoms with E-state index in [1.165, 1.54) is 6.07 Å². The highest BCUT2D eigenvalue weighted by molar-refractivity contribution is 5.47. The molecule has 0 amide bonds. The number of fused-ring (bicyclic) bond motifs is 5. The number of aromatic nitrogens is 2. The molecular weight excluding hydrogens is 398 g/mol. The SMILES string of the molecule is CC1(C)C2CCC1(COCc1ccccc1)c1nnc(Oc3c(F)cccc3F)cc12. The molecule has 1 aromatic heterocycles. The van der Waals surface area contributed by atoms with E-state index in [9.17, 15) is 8.78 Å². The van der Waals surface area contributed by atoms with Gasteiger partial charge in [-0.25, -0.2) is 8.78 Å². The third-order valence-electron chi connectivity index (χ3n) is 7.18. The first-order valence-corrected chi connectivity index (χ1v) is 10.5. The number of nitrogens with zero attached hydrogens (tertiary/aromatic N) is 2. The normalized spacial score (nSPS) is 23.0. The summed E-state index contributed by atoms with van der Waals surface area (Å²) < 4.78 is 39.6. The number of halogens is 2. The summed E-state index contributed by atoms with van der Waals surface area (Å²) in [5.41, 5.74) is 2.79. The molecule has 2 unspecified atom stereocenters. The Morgan fingerprint density at radius 2 is 1.74 bits per heavy atom. The number of rotatable bonds is 6. The molecular formula is C25H24F2N2O2. The van der Waals surface area contributed by atoms with Gasteiger partial charge in [-0.1, -0.05) is 50.2 Å². The largest absolute Gasteiger partial charge is 0.431 e. The van der Waals surface area contributed by atoms with Gasteiger partial charge in [0.25, 0.3) is 0 Å². The van der Waals surface area contributed by atoms with Crippen molar-refractivity contribution in [2.75, 3.05) is 6.61 Å². The van der Waals surface area contributed by atoms with Crippen LogP contribution < -0.4 is 4.74 Å². The molecule has 2 aliphatic carbocycles. The fourth-order valence-electron chi connectivity index (χ4n) is 5.38. The Hall–Kier alpha value is -2.86. The molecule has 0 saturated heterocycles. The molecule has 160 valence electrons. The van der Waals surface area contributed by atoms with Gasteiger partial charge in [-0.15, -0.1) is 5.10 Å². The van der Waals surface area contributed by atoms with Crippen LogP contribution in [-0.2, 0) is 16.8 Å². The van der Waals surface area contributed by atoms with Gasteiger partial charge in [-0.2, -0.15) is 5.10 Å². The standard InChI is InChI=1S/C25H24F2N2O2/c1-24(2)18-11-12-25(24,15-30-14-16-7-4-3-5-8-16)23-17(18)13-21(28-29-23)31-22-19(26)9-6-10-20(22)27/h3-10,13,18H,11-12,14-15H2,1-2H3.